The van der Waals surface area contributed by atoms with E-state index in [1.165, 1.54) is 7.11 Å². The Bertz CT molecular complexity index is 168. The molecule has 1 unspecified atom stereocenters. The maximum Gasteiger partial charge on any atom is 0.310 e. The molecule has 0 aromatic rings. The molecule has 0 saturated heterocycles. The number of methoxy groups -OCH3 is 1. The number of carbonyl (C=O) groups excluding carboxylic acids is 1. The lowest BCUT2D eigenvalue weighted by atomic mass is 10.5. The molecule has 1 aliphatic rings. The summed E-state index contributed by atoms with van der Waals surface area (Å²) in [5, 5.41) is 3.73. The maximum absolute atomic E-state index is 10.2. The SMILES string of the molecule is COC1=NNC(C=O)N1C. The van der Waals surface area contributed by atoms with E-state index in [-0.39, 0.29) is 6.17 Å². The molecule has 0 aromatic carbocycles. The summed E-state index contributed by atoms with van der Waals surface area (Å²) in [6.45, 7) is 0. The highest BCUT2D eigenvalue weighted by atomic mass is 16.5. The normalized spacial score (nSPS) is 23.6. The molecule has 0 aromatic heterocycles. The van der Waals surface area contributed by atoms with E-state index in [0.29, 0.717) is 6.02 Å². The number of carbonyl (C=O) groups is 1. The summed E-state index contributed by atoms with van der Waals surface area (Å²) in [7, 11) is 3.23. The van der Waals surface area contributed by atoms with Crippen molar-refractivity contribution in [3.8, 4) is 0 Å². The Balaban J connectivity index is 2.59. The highest BCUT2D eigenvalue weighted by Crippen LogP contribution is 1.99. The minimum atomic E-state index is -0.380. The number of rotatable bonds is 1. The standard InChI is InChI=1S/C5H9N3O2/c1-8-4(3-9)6-7-5(8)10-2/h3-4,6H,1-2H3. The van der Waals surface area contributed by atoms with E-state index in [9.17, 15) is 4.79 Å². The Kier molecular flexibility index (Phi) is 1.75. The van der Waals surface area contributed by atoms with E-state index < -0.39 is 0 Å². The molecule has 0 radical (unpaired) electrons. The van der Waals surface area contributed by atoms with Crippen LogP contribution in [0.15, 0.2) is 5.10 Å². The van der Waals surface area contributed by atoms with Gasteiger partial charge in [-0.25, -0.2) is 0 Å². The van der Waals surface area contributed by atoms with E-state index in [1.807, 2.05) is 0 Å². The maximum atomic E-state index is 10.2. The number of hydrazone groups is 1. The molecule has 56 valence electrons. The van der Waals surface area contributed by atoms with Crippen LogP contribution in [0.2, 0.25) is 0 Å². The molecule has 0 bridgehead atoms. The van der Waals surface area contributed by atoms with Gasteiger partial charge in [0.05, 0.1) is 7.11 Å². The molecule has 0 fully saturated rings. The molecule has 1 atom stereocenters. The van der Waals surface area contributed by atoms with Crippen LogP contribution in [-0.2, 0) is 9.53 Å². The Morgan fingerprint density at radius 1 is 1.90 bits per heavy atom. The number of aldehydes is 1. The van der Waals surface area contributed by atoms with Gasteiger partial charge in [0.25, 0.3) is 0 Å². The molecule has 10 heavy (non-hydrogen) atoms. The lowest BCUT2D eigenvalue weighted by molar-refractivity contribution is -0.111. The van der Waals surface area contributed by atoms with Gasteiger partial charge in [0.2, 0.25) is 0 Å². The number of nitrogens with one attached hydrogen (secondary N) is 1. The largest absolute Gasteiger partial charge is 0.467 e. The first-order valence-corrected chi connectivity index (χ1v) is 2.85. The second kappa shape index (κ2) is 2.55. The first-order valence-electron chi connectivity index (χ1n) is 2.85. The summed E-state index contributed by atoms with van der Waals surface area (Å²) in [5.41, 5.74) is 2.58. The van der Waals surface area contributed by atoms with Crippen molar-refractivity contribution in [1.29, 1.82) is 0 Å². The fourth-order valence-corrected chi connectivity index (χ4v) is 0.717. The van der Waals surface area contributed by atoms with Crippen molar-refractivity contribution >= 4 is 12.3 Å². The van der Waals surface area contributed by atoms with Crippen LogP contribution in [0.1, 0.15) is 0 Å². The third-order valence-corrected chi connectivity index (χ3v) is 1.32. The van der Waals surface area contributed by atoms with Gasteiger partial charge in [0, 0.05) is 7.05 Å². The van der Waals surface area contributed by atoms with Gasteiger partial charge < -0.3 is 9.64 Å². The smallest absolute Gasteiger partial charge is 0.310 e. The monoisotopic (exact) mass is 143 g/mol. The van der Waals surface area contributed by atoms with Crippen LogP contribution < -0.4 is 5.43 Å². The lowest BCUT2D eigenvalue weighted by Gasteiger charge is -2.14. The number of hydrogen-bond donors (Lipinski definition) is 1. The van der Waals surface area contributed by atoms with Gasteiger partial charge in [-0.2, -0.15) is 0 Å². The number of nitrogens with zero attached hydrogens (tertiary/aromatic N) is 2. The molecule has 0 aliphatic carbocycles. The molecule has 0 spiro atoms. The highest BCUT2D eigenvalue weighted by molar-refractivity contribution is 5.79. The Morgan fingerprint density at radius 3 is 2.90 bits per heavy atom. The third-order valence-electron chi connectivity index (χ3n) is 1.32. The third kappa shape index (κ3) is 0.896. The Labute approximate surface area is 58.6 Å². The van der Waals surface area contributed by atoms with Crippen LogP contribution in [0.25, 0.3) is 0 Å². The zero-order chi connectivity index (χ0) is 7.56. The predicted octanol–water partition coefficient (Wildman–Crippen LogP) is -1.04. The summed E-state index contributed by atoms with van der Waals surface area (Å²) < 4.78 is 4.81. The van der Waals surface area contributed by atoms with Gasteiger partial charge >= 0.3 is 6.02 Å². The molecule has 1 rings (SSSR count). The van der Waals surface area contributed by atoms with Crippen LogP contribution in [0, 0.1) is 0 Å². The van der Waals surface area contributed by atoms with Crippen molar-refractivity contribution in [3.05, 3.63) is 0 Å². The summed E-state index contributed by atoms with van der Waals surface area (Å²) in [6.07, 6.45) is 0.380. The molecule has 1 N–H and O–H groups in total. The van der Waals surface area contributed by atoms with Crippen LogP contribution >= 0.6 is 0 Å². The number of ether oxygens (including phenoxy) is 1. The quantitative estimate of drug-likeness (QED) is 0.476. The number of likely N-dealkylation sites (N-methyl/N-ethyl adjacent to an activating group) is 1. The summed E-state index contributed by atoms with van der Waals surface area (Å²) >= 11 is 0. The first kappa shape index (κ1) is 6.85. The van der Waals surface area contributed by atoms with Gasteiger partial charge in [0.15, 0.2) is 12.5 Å². The molecule has 0 saturated carbocycles. The minimum absolute atomic E-state index is 0.380. The molecule has 5 heteroatoms. The molecular weight excluding hydrogens is 134 g/mol. The Hall–Kier alpha value is -1.26. The second-order valence-electron chi connectivity index (χ2n) is 1.92. The summed E-state index contributed by atoms with van der Waals surface area (Å²) in [5.74, 6) is 0. The molecule has 5 nitrogen and oxygen atoms in total. The summed E-state index contributed by atoms with van der Waals surface area (Å²) in [6, 6.07) is 0.428. The lowest BCUT2D eigenvalue weighted by Crippen LogP contribution is -2.38. The van der Waals surface area contributed by atoms with Crippen LogP contribution in [0.4, 0.5) is 0 Å². The number of hydrogen-bond acceptors (Lipinski definition) is 5. The van der Waals surface area contributed by atoms with E-state index in [2.05, 4.69) is 10.5 Å². The predicted molar refractivity (Wildman–Crippen MR) is 35.2 cm³/mol. The van der Waals surface area contributed by atoms with Crippen LogP contribution in [0.5, 0.6) is 0 Å². The average Bonchev–Trinajstić information content (AvgIpc) is 2.30. The second-order valence-corrected chi connectivity index (χ2v) is 1.92. The van der Waals surface area contributed by atoms with Crippen molar-refractivity contribution in [2.24, 2.45) is 5.10 Å². The number of amidine groups is 1. The molecular formula is C5H9N3O2. The fraction of sp³-hybridized carbons (Fsp3) is 0.600. The van der Waals surface area contributed by atoms with E-state index in [0.717, 1.165) is 6.29 Å². The zero-order valence-corrected chi connectivity index (χ0v) is 5.87. The van der Waals surface area contributed by atoms with Crippen LogP contribution in [-0.4, -0.2) is 37.5 Å². The minimum Gasteiger partial charge on any atom is -0.467 e. The van der Waals surface area contributed by atoms with Crippen molar-refractivity contribution in [3.63, 3.8) is 0 Å². The van der Waals surface area contributed by atoms with Gasteiger partial charge in [-0.1, -0.05) is 0 Å². The van der Waals surface area contributed by atoms with Gasteiger partial charge in [-0.05, 0) is 0 Å². The topological polar surface area (TPSA) is 53.9 Å². The van der Waals surface area contributed by atoms with Gasteiger partial charge in [-0.3, -0.25) is 10.2 Å². The van der Waals surface area contributed by atoms with E-state index in [1.54, 1.807) is 11.9 Å². The van der Waals surface area contributed by atoms with Gasteiger partial charge in [-0.15, -0.1) is 5.10 Å². The zero-order valence-electron chi connectivity index (χ0n) is 5.87. The van der Waals surface area contributed by atoms with Crippen LogP contribution in [0.3, 0.4) is 0 Å². The van der Waals surface area contributed by atoms with E-state index in [4.69, 9.17) is 4.74 Å². The van der Waals surface area contributed by atoms with Crippen molar-refractivity contribution in [2.75, 3.05) is 14.2 Å². The van der Waals surface area contributed by atoms with Gasteiger partial charge in [0.1, 0.15) is 0 Å². The molecule has 1 aliphatic heterocycles. The Morgan fingerprint density at radius 2 is 2.60 bits per heavy atom. The van der Waals surface area contributed by atoms with E-state index >= 15 is 0 Å². The van der Waals surface area contributed by atoms with Crippen molar-refractivity contribution in [2.45, 2.75) is 6.17 Å². The molecule has 0 amide bonds. The average molecular weight is 143 g/mol. The highest BCUT2D eigenvalue weighted by Gasteiger charge is 2.23. The van der Waals surface area contributed by atoms with Crippen molar-refractivity contribution < 1.29 is 9.53 Å². The fourth-order valence-electron chi connectivity index (χ4n) is 0.717. The molecule has 1 heterocycles. The first-order chi connectivity index (χ1) is 4.79. The van der Waals surface area contributed by atoms with Crippen molar-refractivity contribution in [1.82, 2.24) is 10.3 Å². The summed E-state index contributed by atoms with van der Waals surface area (Å²) in [4.78, 5) is 11.9.